The van der Waals surface area contributed by atoms with Gasteiger partial charge in [-0.15, -0.1) is 0 Å². The summed E-state index contributed by atoms with van der Waals surface area (Å²) in [7, 11) is 1.65. The first kappa shape index (κ1) is 24.3. The zero-order valence-corrected chi connectivity index (χ0v) is 20.1. The van der Waals surface area contributed by atoms with Crippen LogP contribution < -0.4 is 0 Å². The molecule has 0 saturated heterocycles. The van der Waals surface area contributed by atoms with E-state index in [-0.39, 0.29) is 12.5 Å². The molecule has 0 aliphatic rings. The molecule has 0 N–H and O–H groups in total. The topological polar surface area (TPSA) is 64.4 Å². The molecule has 3 aromatic rings. The second kappa shape index (κ2) is 11.0. The lowest BCUT2D eigenvalue weighted by molar-refractivity contribution is -0.147. The minimum absolute atomic E-state index is 0.296. The standard InChI is InChI=1S/C26H28ClN3O3/c1-18-8-10-21(11-9-18)16-30-20(3)24(19(2)28-30)12-13-26(32)33-17-25(31)29(4)15-22-6-5-7-23(27)14-22/h5-14H,15-17H2,1-4H3/b13-12+. The molecule has 1 amide bonds. The number of nitrogens with zero attached hydrogens (tertiary/aromatic N) is 3. The summed E-state index contributed by atoms with van der Waals surface area (Å²) in [6.45, 7) is 6.63. The average molecular weight is 466 g/mol. The fourth-order valence-corrected chi connectivity index (χ4v) is 3.63. The van der Waals surface area contributed by atoms with E-state index in [0.29, 0.717) is 18.1 Å². The minimum atomic E-state index is -0.579. The Hall–Kier alpha value is -3.38. The SMILES string of the molecule is Cc1ccc(Cn2nc(C)c(/C=C/C(=O)OCC(=O)N(C)Cc3cccc(Cl)c3)c2C)cc1. The summed E-state index contributed by atoms with van der Waals surface area (Å²) in [6.07, 6.45) is 3.02. The highest BCUT2D eigenvalue weighted by atomic mass is 35.5. The molecule has 0 aliphatic carbocycles. The fourth-order valence-electron chi connectivity index (χ4n) is 3.41. The van der Waals surface area contributed by atoms with Gasteiger partial charge >= 0.3 is 5.97 Å². The molecular weight excluding hydrogens is 438 g/mol. The molecule has 0 bridgehead atoms. The number of likely N-dealkylation sites (N-methyl/N-ethyl adjacent to an activating group) is 1. The summed E-state index contributed by atoms with van der Waals surface area (Å²) in [5, 5.41) is 5.20. The molecular formula is C26H28ClN3O3. The number of esters is 1. The number of hydrogen-bond donors (Lipinski definition) is 0. The average Bonchev–Trinajstić information content (AvgIpc) is 3.04. The number of carbonyl (C=O) groups excluding carboxylic acids is 2. The van der Waals surface area contributed by atoms with Gasteiger partial charge in [0.2, 0.25) is 0 Å². The van der Waals surface area contributed by atoms with Gasteiger partial charge in [-0.05, 0) is 50.1 Å². The highest BCUT2D eigenvalue weighted by Gasteiger charge is 2.13. The van der Waals surface area contributed by atoms with Crippen LogP contribution in [-0.4, -0.2) is 40.2 Å². The van der Waals surface area contributed by atoms with Gasteiger partial charge < -0.3 is 9.64 Å². The molecule has 0 saturated carbocycles. The number of aromatic nitrogens is 2. The molecule has 3 rings (SSSR count). The molecule has 1 aromatic heterocycles. The third-order valence-electron chi connectivity index (χ3n) is 5.35. The van der Waals surface area contributed by atoms with Crippen LogP contribution in [0.4, 0.5) is 0 Å². The largest absolute Gasteiger partial charge is 0.452 e. The smallest absolute Gasteiger partial charge is 0.331 e. The quantitative estimate of drug-likeness (QED) is 0.356. The predicted octanol–water partition coefficient (Wildman–Crippen LogP) is 4.73. The molecule has 0 fully saturated rings. The van der Waals surface area contributed by atoms with Gasteiger partial charge in [0.15, 0.2) is 6.61 Å². The molecule has 6 nitrogen and oxygen atoms in total. The van der Waals surface area contributed by atoms with Crippen LogP contribution in [0.15, 0.2) is 54.6 Å². The van der Waals surface area contributed by atoms with Gasteiger partial charge in [-0.3, -0.25) is 9.48 Å². The Balaban J connectivity index is 1.55. The summed E-state index contributed by atoms with van der Waals surface area (Å²) >= 11 is 5.98. The maximum atomic E-state index is 12.3. The second-order valence-electron chi connectivity index (χ2n) is 8.05. The van der Waals surface area contributed by atoms with E-state index in [2.05, 4.69) is 36.3 Å². The van der Waals surface area contributed by atoms with Crippen LogP contribution in [-0.2, 0) is 27.4 Å². The highest BCUT2D eigenvalue weighted by molar-refractivity contribution is 6.30. The van der Waals surface area contributed by atoms with Crippen LogP contribution in [0.3, 0.4) is 0 Å². The molecule has 1 heterocycles. The maximum absolute atomic E-state index is 12.3. The van der Waals surface area contributed by atoms with E-state index in [1.807, 2.05) is 30.7 Å². The number of amides is 1. The second-order valence-corrected chi connectivity index (χ2v) is 8.48. The van der Waals surface area contributed by atoms with E-state index in [1.54, 1.807) is 25.3 Å². The number of aryl methyl sites for hydroxylation is 2. The molecule has 0 unspecified atom stereocenters. The molecule has 33 heavy (non-hydrogen) atoms. The van der Waals surface area contributed by atoms with E-state index in [1.165, 1.54) is 16.5 Å². The lowest BCUT2D eigenvalue weighted by Crippen LogP contribution is -2.30. The van der Waals surface area contributed by atoms with Gasteiger partial charge in [0.05, 0.1) is 12.2 Å². The Kier molecular flexibility index (Phi) is 8.06. The minimum Gasteiger partial charge on any atom is -0.452 e. The fraction of sp³-hybridized carbons (Fsp3) is 0.269. The Morgan fingerprint density at radius 1 is 1.09 bits per heavy atom. The van der Waals surface area contributed by atoms with Gasteiger partial charge in [0.25, 0.3) is 5.91 Å². The first-order valence-electron chi connectivity index (χ1n) is 10.7. The van der Waals surface area contributed by atoms with Gasteiger partial charge in [0, 0.05) is 35.9 Å². The van der Waals surface area contributed by atoms with Crippen molar-refractivity contribution in [3.8, 4) is 0 Å². The first-order valence-corrected chi connectivity index (χ1v) is 11.0. The van der Waals surface area contributed by atoms with Crippen LogP contribution >= 0.6 is 11.6 Å². The van der Waals surface area contributed by atoms with Crippen LogP contribution in [0.5, 0.6) is 0 Å². The van der Waals surface area contributed by atoms with Crippen molar-refractivity contribution < 1.29 is 14.3 Å². The summed E-state index contributed by atoms with van der Waals surface area (Å²) in [5.41, 5.74) is 5.90. The van der Waals surface area contributed by atoms with Gasteiger partial charge in [-0.25, -0.2) is 4.79 Å². The van der Waals surface area contributed by atoms with Crippen LogP contribution in [0.2, 0.25) is 5.02 Å². The summed E-state index contributed by atoms with van der Waals surface area (Å²) in [5.74, 6) is -0.875. The van der Waals surface area contributed by atoms with Gasteiger partial charge in [0.1, 0.15) is 0 Å². The van der Waals surface area contributed by atoms with Crippen molar-refractivity contribution in [1.29, 1.82) is 0 Å². The van der Waals surface area contributed by atoms with Crippen LogP contribution in [0.1, 0.15) is 33.6 Å². The third-order valence-corrected chi connectivity index (χ3v) is 5.58. The first-order chi connectivity index (χ1) is 15.7. The molecule has 0 aliphatic heterocycles. The van der Waals surface area contributed by atoms with Crippen LogP contribution in [0, 0.1) is 20.8 Å². The van der Waals surface area contributed by atoms with E-state index >= 15 is 0 Å². The predicted molar refractivity (Wildman–Crippen MR) is 130 cm³/mol. The Labute approximate surface area is 199 Å². The molecule has 7 heteroatoms. The molecule has 2 aromatic carbocycles. The number of benzene rings is 2. The lowest BCUT2D eigenvalue weighted by atomic mass is 10.1. The van der Waals surface area contributed by atoms with E-state index in [9.17, 15) is 9.59 Å². The maximum Gasteiger partial charge on any atom is 0.331 e. The van der Waals surface area contributed by atoms with Crippen LogP contribution in [0.25, 0.3) is 6.08 Å². The van der Waals surface area contributed by atoms with Crippen molar-refractivity contribution in [1.82, 2.24) is 14.7 Å². The number of rotatable bonds is 8. The summed E-state index contributed by atoms with van der Waals surface area (Å²) < 4.78 is 7.05. The van der Waals surface area contributed by atoms with E-state index < -0.39 is 5.97 Å². The lowest BCUT2D eigenvalue weighted by Gasteiger charge is -2.17. The van der Waals surface area contributed by atoms with Crippen molar-refractivity contribution in [3.05, 3.63) is 93.3 Å². The Morgan fingerprint density at radius 3 is 2.52 bits per heavy atom. The zero-order valence-electron chi connectivity index (χ0n) is 19.3. The molecule has 172 valence electrons. The van der Waals surface area contributed by atoms with Crippen molar-refractivity contribution >= 4 is 29.6 Å². The van der Waals surface area contributed by atoms with Crippen molar-refractivity contribution in [2.75, 3.05) is 13.7 Å². The Morgan fingerprint density at radius 2 is 1.82 bits per heavy atom. The highest BCUT2D eigenvalue weighted by Crippen LogP contribution is 2.17. The Bertz CT molecular complexity index is 1170. The third kappa shape index (κ3) is 6.80. The molecule has 0 radical (unpaired) electrons. The van der Waals surface area contributed by atoms with Crippen molar-refractivity contribution in [2.24, 2.45) is 0 Å². The van der Waals surface area contributed by atoms with Crippen molar-refractivity contribution in [2.45, 2.75) is 33.9 Å². The van der Waals surface area contributed by atoms with Crippen molar-refractivity contribution in [3.63, 3.8) is 0 Å². The number of halogens is 1. The number of ether oxygens (including phenoxy) is 1. The van der Waals surface area contributed by atoms with E-state index in [0.717, 1.165) is 28.1 Å². The molecule has 0 atom stereocenters. The number of hydrogen-bond acceptors (Lipinski definition) is 4. The summed E-state index contributed by atoms with van der Waals surface area (Å²) in [4.78, 5) is 26.0. The molecule has 0 spiro atoms. The van der Waals surface area contributed by atoms with Gasteiger partial charge in [-0.2, -0.15) is 5.10 Å². The van der Waals surface area contributed by atoms with Gasteiger partial charge in [-0.1, -0.05) is 53.6 Å². The van der Waals surface area contributed by atoms with E-state index in [4.69, 9.17) is 16.3 Å². The zero-order chi connectivity index (χ0) is 24.0. The summed E-state index contributed by atoms with van der Waals surface area (Å²) in [6, 6.07) is 15.6. The monoisotopic (exact) mass is 465 g/mol. The number of carbonyl (C=O) groups is 2. The normalized spacial score (nSPS) is 11.1.